The van der Waals surface area contributed by atoms with Crippen LogP contribution in [0, 0.1) is 0 Å². The van der Waals surface area contributed by atoms with Gasteiger partial charge in [-0.15, -0.1) is 0 Å². The van der Waals surface area contributed by atoms with E-state index in [1.807, 2.05) is 0 Å². The molecule has 0 amide bonds. The highest BCUT2D eigenvalue weighted by molar-refractivity contribution is 5.89. The van der Waals surface area contributed by atoms with Gasteiger partial charge in [-0.2, -0.15) is 0 Å². The molecular formula is C6H14N4O2. The number of nitrogens with two attached hydrogens (primary N) is 1. The standard InChI is InChI=1S/C6H14N4O2/c7-6(12)5(9-3-4-11)8-1-2-10-6/h10-12H,1-4,7H2,(H,8,9). The van der Waals surface area contributed by atoms with Gasteiger partial charge in [-0.05, 0) is 0 Å². The number of aliphatic hydroxyl groups is 2. The maximum Gasteiger partial charge on any atom is 0.230 e. The molecule has 0 aromatic rings. The fourth-order valence-electron chi connectivity index (χ4n) is 0.983. The third kappa shape index (κ3) is 2.15. The first-order chi connectivity index (χ1) is 5.67. The fourth-order valence-corrected chi connectivity index (χ4v) is 0.983. The SMILES string of the molecule is NC1(O)NCCN=C1NCCO. The molecule has 0 aromatic carbocycles. The molecule has 70 valence electrons. The average molecular weight is 174 g/mol. The Morgan fingerprint density at radius 2 is 2.50 bits per heavy atom. The van der Waals surface area contributed by atoms with E-state index in [1.165, 1.54) is 0 Å². The van der Waals surface area contributed by atoms with Gasteiger partial charge in [0, 0.05) is 13.1 Å². The smallest absolute Gasteiger partial charge is 0.230 e. The monoisotopic (exact) mass is 174 g/mol. The number of amidine groups is 1. The Morgan fingerprint density at radius 3 is 3.08 bits per heavy atom. The Labute approximate surface area is 70.5 Å². The Hall–Kier alpha value is -0.690. The van der Waals surface area contributed by atoms with Crippen molar-refractivity contribution < 1.29 is 10.2 Å². The lowest BCUT2D eigenvalue weighted by Gasteiger charge is -2.29. The van der Waals surface area contributed by atoms with Gasteiger partial charge in [-0.3, -0.25) is 16.0 Å². The summed E-state index contributed by atoms with van der Waals surface area (Å²) >= 11 is 0. The Kier molecular flexibility index (Phi) is 2.99. The van der Waals surface area contributed by atoms with E-state index < -0.39 is 5.85 Å². The van der Waals surface area contributed by atoms with Gasteiger partial charge in [0.1, 0.15) is 0 Å². The van der Waals surface area contributed by atoms with E-state index in [9.17, 15) is 5.11 Å². The van der Waals surface area contributed by atoms with Gasteiger partial charge in [0.05, 0.1) is 13.2 Å². The zero-order chi connectivity index (χ0) is 9.03. The molecule has 0 radical (unpaired) electrons. The molecule has 6 nitrogen and oxygen atoms in total. The molecule has 6 N–H and O–H groups in total. The first-order valence-electron chi connectivity index (χ1n) is 3.83. The third-order valence-corrected chi connectivity index (χ3v) is 1.54. The number of aliphatic hydroxyl groups excluding tert-OH is 1. The fraction of sp³-hybridized carbons (Fsp3) is 0.833. The maximum atomic E-state index is 9.45. The number of rotatable bonds is 2. The van der Waals surface area contributed by atoms with Crippen LogP contribution in [0.15, 0.2) is 4.99 Å². The lowest BCUT2D eigenvalue weighted by atomic mass is 10.3. The van der Waals surface area contributed by atoms with Crippen LogP contribution in [0.1, 0.15) is 0 Å². The van der Waals surface area contributed by atoms with E-state index in [2.05, 4.69) is 15.6 Å². The molecule has 12 heavy (non-hydrogen) atoms. The molecule has 1 aliphatic heterocycles. The average Bonchev–Trinajstić information content (AvgIpc) is 2.02. The van der Waals surface area contributed by atoms with Gasteiger partial charge in [-0.25, -0.2) is 0 Å². The molecule has 0 saturated heterocycles. The quantitative estimate of drug-likeness (QED) is 0.290. The second-order valence-corrected chi connectivity index (χ2v) is 2.57. The molecular weight excluding hydrogens is 160 g/mol. The van der Waals surface area contributed by atoms with Crippen molar-refractivity contribution in [3.63, 3.8) is 0 Å². The van der Waals surface area contributed by atoms with Crippen molar-refractivity contribution >= 4 is 5.84 Å². The zero-order valence-electron chi connectivity index (χ0n) is 6.75. The summed E-state index contributed by atoms with van der Waals surface area (Å²) in [6, 6.07) is 0. The summed E-state index contributed by atoms with van der Waals surface area (Å²) in [5.41, 5.74) is 5.43. The van der Waals surface area contributed by atoms with E-state index in [-0.39, 0.29) is 12.4 Å². The van der Waals surface area contributed by atoms with Gasteiger partial charge in [0.15, 0.2) is 5.84 Å². The van der Waals surface area contributed by atoms with Crippen LogP contribution >= 0.6 is 0 Å². The molecule has 0 aromatic heterocycles. The molecule has 0 saturated carbocycles. The molecule has 1 aliphatic rings. The number of hydrogen-bond acceptors (Lipinski definition) is 6. The largest absolute Gasteiger partial charge is 0.395 e. The third-order valence-electron chi connectivity index (χ3n) is 1.54. The zero-order valence-corrected chi connectivity index (χ0v) is 6.75. The molecule has 1 heterocycles. The summed E-state index contributed by atoms with van der Waals surface area (Å²) in [6.45, 7) is 1.44. The van der Waals surface area contributed by atoms with Crippen LogP contribution in [-0.4, -0.2) is 48.1 Å². The molecule has 6 heteroatoms. The Bertz CT molecular complexity index is 180. The van der Waals surface area contributed by atoms with E-state index in [0.29, 0.717) is 19.6 Å². The lowest BCUT2D eigenvalue weighted by Crippen LogP contribution is -2.66. The molecule has 0 bridgehead atoms. The summed E-state index contributed by atoms with van der Waals surface area (Å²) < 4.78 is 0. The number of aliphatic imine (C=N–C) groups is 1. The second-order valence-electron chi connectivity index (χ2n) is 2.57. The van der Waals surface area contributed by atoms with Crippen molar-refractivity contribution in [1.29, 1.82) is 0 Å². The van der Waals surface area contributed by atoms with E-state index in [1.54, 1.807) is 0 Å². The second kappa shape index (κ2) is 3.81. The minimum Gasteiger partial charge on any atom is -0.395 e. The molecule has 0 spiro atoms. The van der Waals surface area contributed by atoms with Crippen LogP contribution in [0.3, 0.4) is 0 Å². The molecule has 1 atom stereocenters. The van der Waals surface area contributed by atoms with Gasteiger partial charge in [0.25, 0.3) is 0 Å². The summed E-state index contributed by atoms with van der Waals surface area (Å²) in [4.78, 5) is 3.98. The highest BCUT2D eigenvalue weighted by Gasteiger charge is 2.29. The maximum absolute atomic E-state index is 9.45. The van der Waals surface area contributed by atoms with Crippen LogP contribution < -0.4 is 16.4 Å². The van der Waals surface area contributed by atoms with Gasteiger partial charge >= 0.3 is 0 Å². The van der Waals surface area contributed by atoms with Crippen LogP contribution in [0.25, 0.3) is 0 Å². The first-order valence-corrected chi connectivity index (χ1v) is 3.83. The van der Waals surface area contributed by atoms with Crippen molar-refractivity contribution in [2.24, 2.45) is 10.7 Å². The number of hydrogen-bond donors (Lipinski definition) is 5. The number of nitrogens with zero attached hydrogens (tertiary/aromatic N) is 1. The van der Waals surface area contributed by atoms with Gasteiger partial charge in [0.2, 0.25) is 5.85 Å². The summed E-state index contributed by atoms with van der Waals surface area (Å²) in [5.74, 6) is -1.30. The predicted octanol–water partition coefficient (Wildman–Crippen LogP) is -2.83. The van der Waals surface area contributed by atoms with Crippen molar-refractivity contribution in [1.82, 2.24) is 10.6 Å². The Morgan fingerprint density at radius 1 is 1.75 bits per heavy atom. The summed E-state index contributed by atoms with van der Waals surface area (Å²) in [6.07, 6.45) is 0. The van der Waals surface area contributed by atoms with Crippen molar-refractivity contribution in [3.05, 3.63) is 0 Å². The summed E-state index contributed by atoms with van der Waals surface area (Å²) in [7, 11) is 0. The molecule has 1 rings (SSSR count). The first kappa shape index (κ1) is 9.40. The molecule has 1 unspecified atom stereocenters. The van der Waals surface area contributed by atoms with Crippen LogP contribution in [0.2, 0.25) is 0 Å². The minimum absolute atomic E-state index is 0.0188. The molecule has 0 aliphatic carbocycles. The summed E-state index contributed by atoms with van der Waals surface area (Å²) in [5, 5.41) is 23.4. The van der Waals surface area contributed by atoms with Crippen LogP contribution in [0.4, 0.5) is 0 Å². The van der Waals surface area contributed by atoms with E-state index in [0.717, 1.165) is 0 Å². The van der Waals surface area contributed by atoms with E-state index in [4.69, 9.17) is 10.8 Å². The van der Waals surface area contributed by atoms with E-state index >= 15 is 0 Å². The predicted molar refractivity (Wildman–Crippen MR) is 44.5 cm³/mol. The van der Waals surface area contributed by atoms with Crippen molar-refractivity contribution in [2.75, 3.05) is 26.2 Å². The van der Waals surface area contributed by atoms with Crippen molar-refractivity contribution in [2.45, 2.75) is 5.85 Å². The minimum atomic E-state index is -1.58. The van der Waals surface area contributed by atoms with Crippen LogP contribution in [-0.2, 0) is 0 Å². The topological polar surface area (TPSA) is 103 Å². The van der Waals surface area contributed by atoms with Gasteiger partial charge in [-0.1, -0.05) is 0 Å². The lowest BCUT2D eigenvalue weighted by molar-refractivity contribution is 0.0738. The molecule has 0 fully saturated rings. The highest BCUT2D eigenvalue weighted by Crippen LogP contribution is 1.97. The van der Waals surface area contributed by atoms with Crippen LogP contribution in [0.5, 0.6) is 0 Å². The van der Waals surface area contributed by atoms with Crippen molar-refractivity contribution in [3.8, 4) is 0 Å². The number of nitrogens with one attached hydrogen (secondary N) is 2. The highest BCUT2D eigenvalue weighted by atomic mass is 16.3. The Balaban J connectivity index is 2.53. The van der Waals surface area contributed by atoms with Gasteiger partial charge < -0.3 is 15.5 Å². The normalized spacial score (nSPS) is 29.8.